The summed E-state index contributed by atoms with van der Waals surface area (Å²) in [5.41, 5.74) is 2.62. The molecule has 0 aliphatic carbocycles. The minimum atomic E-state index is -0.160. The number of nitrogens with zero attached hydrogens (tertiary/aromatic N) is 1. The van der Waals surface area contributed by atoms with Crippen LogP contribution < -0.4 is 15.5 Å². The number of nitrogens with one attached hydrogen (secondary N) is 2. The molecule has 1 aliphatic heterocycles. The lowest BCUT2D eigenvalue weighted by Gasteiger charge is -2.34. The van der Waals surface area contributed by atoms with E-state index in [1.165, 1.54) is 6.07 Å². The van der Waals surface area contributed by atoms with Crippen molar-refractivity contribution >= 4 is 17.3 Å². The predicted octanol–water partition coefficient (Wildman–Crippen LogP) is 3.72. The van der Waals surface area contributed by atoms with Crippen LogP contribution in [0.3, 0.4) is 0 Å². The predicted molar refractivity (Wildman–Crippen MR) is 104 cm³/mol. The van der Waals surface area contributed by atoms with E-state index in [9.17, 15) is 9.18 Å². The van der Waals surface area contributed by atoms with E-state index >= 15 is 0 Å². The topological polar surface area (TPSA) is 44.4 Å². The maximum Gasteiger partial charge on any atom is 0.225 e. The van der Waals surface area contributed by atoms with Crippen LogP contribution in [-0.4, -0.2) is 31.6 Å². The molecule has 2 N–H and O–H groups in total. The molecule has 4 nitrogen and oxygen atoms in total. The third-order valence-electron chi connectivity index (χ3n) is 4.89. The van der Waals surface area contributed by atoms with Crippen molar-refractivity contribution in [3.05, 3.63) is 59.9 Å². The van der Waals surface area contributed by atoms with Crippen LogP contribution in [0.1, 0.15) is 24.8 Å². The maximum absolute atomic E-state index is 13.9. The second-order valence-corrected chi connectivity index (χ2v) is 6.78. The molecule has 1 amide bonds. The fourth-order valence-corrected chi connectivity index (χ4v) is 3.35. The van der Waals surface area contributed by atoms with Gasteiger partial charge in [0.05, 0.1) is 5.69 Å². The highest BCUT2D eigenvalue weighted by Crippen LogP contribution is 2.22. The van der Waals surface area contributed by atoms with Crippen LogP contribution >= 0.6 is 0 Å². The second kappa shape index (κ2) is 8.81. The number of rotatable bonds is 6. The molecule has 0 atom stereocenters. The van der Waals surface area contributed by atoms with Crippen molar-refractivity contribution in [2.45, 2.75) is 32.2 Å². The normalized spacial score (nSPS) is 15.1. The molecule has 0 radical (unpaired) electrons. The van der Waals surface area contributed by atoms with Crippen LogP contribution in [0.5, 0.6) is 0 Å². The van der Waals surface area contributed by atoms with Crippen LogP contribution in [0.2, 0.25) is 0 Å². The fourth-order valence-electron chi connectivity index (χ4n) is 3.35. The molecule has 1 heterocycles. The third kappa shape index (κ3) is 4.82. The van der Waals surface area contributed by atoms with E-state index in [0.29, 0.717) is 24.7 Å². The Balaban J connectivity index is 1.38. The zero-order valence-corrected chi connectivity index (χ0v) is 15.2. The van der Waals surface area contributed by atoms with E-state index in [1.54, 1.807) is 6.07 Å². The Kier molecular flexibility index (Phi) is 6.23. The molecule has 1 fully saturated rings. The first-order chi connectivity index (χ1) is 12.6. The molecule has 1 saturated heterocycles. The van der Waals surface area contributed by atoms with E-state index in [-0.39, 0.29) is 11.7 Å². The van der Waals surface area contributed by atoms with Gasteiger partial charge in [-0.3, -0.25) is 4.79 Å². The molecule has 2 aromatic carbocycles. The molecule has 1 aliphatic rings. The summed E-state index contributed by atoms with van der Waals surface area (Å²) >= 11 is 0. The smallest absolute Gasteiger partial charge is 0.225 e. The summed E-state index contributed by atoms with van der Waals surface area (Å²) in [4.78, 5) is 14.2. The Morgan fingerprint density at radius 3 is 2.54 bits per heavy atom. The van der Waals surface area contributed by atoms with Crippen molar-refractivity contribution in [3.63, 3.8) is 0 Å². The van der Waals surface area contributed by atoms with Crippen molar-refractivity contribution in [1.29, 1.82) is 0 Å². The number of benzene rings is 2. The summed E-state index contributed by atoms with van der Waals surface area (Å²) in [7, 11) is 0. The van der Waals surface area contributed by atoms with Crippen LogP contribution in [0, 0.1) is 12.7 Å². The number of amides is 1. The summed E-state index contributed by atoms with van der Waals surface area (Å²) in [5, 5.41) is 6.41. The molecule has 0 aromatic heterocycles. The molecule has 26 heavy (non-hydrogen) atoms. The zero-order chi connectivity index (χ0) is 18.4. The van der Waals surface area contributed by atoms with Gasteiger partial charge in [0.1, 0.15) is 5.82 Å². The zero-order valence-electron chi connectivity index (χ0n) is 15.2. The van der Waals surface area contributed by atoms with Crippen molar-refractivity contribution in [2.24, 2.45) is 0 Å². The van der Waals surface area contributed by atoms with Crippen molar-refractivity contribution < 1.29 is 9.18 Å². The van der Waals surface area contributed by atoms with Gasteiger partial charge in [0, 0.05) is 37.8 Å². The number of piperidine rings is 1. The Bertz CT molecular complexity index is 742. The van der Waals surface area contributed by atoms with Gasteiger partial charge in [-0.2, -0.15) is 0 Å². The first-order valence-corrected chi connectivity index (χ1v) is 9.22. The highest BCUT2D eigenvalue weighted by atomic mass is 19.1. The molecule has 5 heteroatoms. The van der Waals surface area contributed by atoms with E-state index in [4.69, 9.17) is 0 Å². The molecule has 3 rings (SSSR count). The third-order valence-corrected chi connectivity index (χ3v) is 4.89. The molecular weight excluding hydrogens is 329 g/mol. The Morgan fingerprint density at radius 1 is 1.12 bits per heavy atom. The standard InChI is InChI=1S/C21H26FN3O/c1-16-6-2-4-8-19(16)24-21(26)10-13-23-17-11-14-25(15-12-17)20-9-5-3-7-18(20)22/h2-9,17,23H,10-15H2,1H3,(H,24,26). The van der Waals surface area contributed by atoms with Crippen LogP contribution in [0.15, 0.2) is 48.5 Å². The summed E-state index contributed by atoms with van der Waals surface area (Å²) in [6.07, 6.45) is 2.35. The minimum Gasteiger partial charge on any atom is -0.369 e. The first kappa shape index (κ1) is 18.4. The number of carbonyl (C=O) groups excluding carboxylic acids is 1. The van der Waals surface area contributed by atoms with Crippen molar-refractivity contribution in [2.75, 3.05) is 29.9 Å². The van der Waals surface area contributed by atoms with Gasteiger partial charge in [-0.05, 0) is 43.5 Å². The number of hydrogen-bond acceptors (Lipinski definition) is 3. The molecular formula is C21H26FN3O. The lowest BCUT2D eigenvalue weighted by Crippen LogP contribution is -2.43. The average Bonchev–Trinajstić information content (AvgIpc) is 2.65. The lowest BCUT2D eigenvalue weighted by atomic mass is 10.0. The number of carbonyl (C=O) groups is 1. The second-order valence-electron chi connectivity index (χ2n) is 6.78. The average molecular weight is 355 g/mol. The van der Waals surface area contributed by atoms with Crippen LogP contribution in [-0.2, 0) is 4.79 Å². The quantitative estimate of drug-likeness (QED) is 0.830. The number of para-hydroxylation sites is 2. The molecule has 0 unspecified atom stereocenters. The fraction of sp³-hybridized carbons (Fsp3) is 0.381. The largest absolute Gasteiger partial charge is 0.369 e. The summed E-state index contributed by atoms with van der Waals surface area (Å²) in [5.74, 6) is -0.137. The van der Waals surface area contributed by atoms with E-state index in [1.807, 2.05) is 43.3 Å². The van der Waals surface area contributed by atoms with Gasteiger partial charge in [0.15, 0.2) is 0 Å². The highest BCUT2D eigenvalue weighted by Gasteiger charge is 2.20. The summed E-state index contributed by atoms with van der Waals surface area (Å²) in [6.45, 7) is 4.29. The van der Waals surface area contributed by atoms with Crippen molar-refractivity contribution in [3.8, 4) is 0 Å². The van der Waals surface area contributed by atoms with E-state index in [2.05, 4.69) is 15.5 Å². The Morgan fingerprint density at radius 2 is 1.81 bits per heavy atom. The SMILES string of the molecule is Cc1ccccc1NC(=O)CCNC1CCN(c2ccccc2F)CC1. The Hall–Kier alpha value is -2.40. The van der Waals surface area contributed by atoms with Crippen LogP contribution in [0.25, 0.3) is 0 Å². The summed E-state index contributed by atoms with van der Waals surface area (Å²) in [6, 6.07) is 15.1. The van der Waals surface area contributed by atoms with Gasteiger partial charge >= 0.3 is 0 Å². The van der Waals surface area contributed by atoms with Gasteiger partial charge in [-0.15, -0.1) is 0 Å². The maximum atomic E-state index is 13.9. The monoisotopic (exact) mass is 355 g/mol. The first-order valence-electron chi connectivity index (χ1n) is 9.22. The lowest BCUT2D eigenvalue weighted by molar-refractivity contribution is -0.116. The van der Waals surface area contributed by atoms with Gasteiger partial charge in [-0.25, -0.2) is 4.39 Å². The number of anilines is 2. The molecule has 138 valence electrons. The van der Waals surface area contributed by atoms with E-state index < -0.39 is 0 Å². The van der Waals surface area contributed by atoms with Gasteiger partial charge in [-0.1, -0.05) is 30.3 Å². The molecule has 0 spiro atoms. The van der Waals surface area contributed by atoms with Gasteiger partial charge in [0.25, 0.3) is 0 Å². The van der Waals surface area contributed by atoms with Gasteiger partial charge < -0.3 is 15.5 Å². The molecule has 2 aromatic rings. The van der Waals surface area contributed by atoms with Crippen molar-refractivity contribution in [1.82, 2.24) is 5.32 Å². The number of halogens is 1. The minimum absolute atomic E-state index is 0.0237. The van der Waals surface area contributed by atoms with E-state index in [0.717, 1.165) is 37.2 Å². The summed E-state index contributed by atoms with van der Waals surface area (Å²) < 4.78 is 13.9. The highest BCUT2D eigenvalue weighted by molar-refractivity contribution is 5.91. The molecule has 0 saturated carbocycles. The van der Waals surface area contributed by atoms with Crippen LogP contribution in [0.4, 0.5) is 15.8 Å². The molecule has 0 bridgehead atoms. The number of hydrogen-bond donors (Lipinski definition) is 2. The van der Waals surface area contributed by atoms with Gasteiger partial charge in [0.2, 0.25) is 5.91 Å². The Labute approximate surface area is 154 Å². The number of aryl methyl sites for hydroxylation is 1.